The molecule has 1 aliphatic rings. The summed E-state index contributed by atoms with van der Waals surface area (Å²) in [5.41, 5.74) is 8.02. The number of benzene rings is 1. The summed E-state index contributed by atoms with van der Waals surface area (Å²) in [5.74, 6) is -1.20. The molecule has 0 saturated carbocycles. The maximum Gasteiger partial charge on any atom is 0.339 e. The van der Waals surface area contributed by atoms with Crippen LogP contribution in [0.1, 0.15) is 48.8 Å². The topological polar surface area (TPSA) is 111 Å². The van der Waals surface area contributed by atoms with E-state index < -0.39 is 24.0 Å². The number of hydrogen-bond acceptors (Lipinski definition) is 5. The number of carbonyl (C=O) groups is 3. The number of nitrogens with one attached hydrogen (secondary N) is 1. The van der Waals surface area contributed by atoms with Gasteiger partial charge in [-0.2, -0.15) is 0 Å². The third-order valence-corrected chi connectivity index (χ3v) is 5.05. The minimum Gasteiger partial charge on any atom is -0.448 e. The first-order chi connectivity index (χ1) is 13.3. The van der Waals surface area contributed by atoms with Gasteiger partial charge in [0.05, 0.1) is 11.1 Å². The summed E-state index contributed by atoms with van der Waals surface area (Å²) in [4.78, 5) is 41.2. The molecular weight excluding hydrogens is 358 g/mol. The maximum absolute atomic E-state index is 13.2. The second-order valence-corrected chi connectivity index (χ2v) is 7.70. The van der Waals surface area contributed by atoms with Gasteiger partial charge in [-0.1, -0.05) is 39.0 Å². The number of ether oxygens (including phenoxy) is 1. The molecule has 0 spiro atoms. The number of nitrogens with two attached hydrogens (primary N) is 1. The zero-order chi connectivity index (χ0) is 20.4. The van der Waals surface area contributed by atoms with Crippen molar-refractivity contribution in [1.29, 1.82) is 0 Å². The van der Waals surface area contributed by atoms with Crippen LogP contribution >= 0.6 is 0 Å². The van der Waals surface area contributed by atoms with Gasteiger partial charge in [-0.05, 0) is 42.7 Å². The Morgan fingerprint density at radius 2 is 1.96 bits per heavy atom. The van der Waals surface area contributed by atoms with Crippen LogP contribution in [0.25, 0.3) is 10.9 Å². The summed E-state index contributed by atoms with van der Waals surface area (Å²) in [7, 11) is 0. The first-order valence-electron chi connectivity index (χ1n) is 9.49. The van der Waals surface area contributed by atoms with Crippen LogP contribution < -0.4 is 11.1 Å². The molecule has 0 aliphatic heterocycles. The summed E-state index contributed by atoms with van der Waals surface area (Å²) in [5, 5.41) is 2.70. The highest BCUT2D eigenvalue weighted by Crippen LogP contribution is 2.32. The van der Waals surface area contributed by atoms with E-state index in [-0.39, 0.29) is 5.92 Å². The molecule has 1 heterocycles. The van der Waals surface area contributed by atoms with Crippen molar-refractivity contribution in [3.05, 3.63) is 41.1 Å². The third-order valence-electron chi connectivity index (χ3n) is 5.05. The van der Waals surface area contributed by atoms with Crippen molar-refractivity contribution >= 4 is 28.8 Å². The number of esters is 1. The number of urea groups is 1. The van der Waals surface area contributed by atoms with Gasteiger partial charge in [0, 0.05) is 11.1 Å². The van der Waals surface area contributed by atoms with Crippen LogP contribution in [0, 0.1) is 11.8 Å². The zero-order valence-corrected chi connectivity index (χ0v) is 16.3. The van der Waals surface area contributed by atoms with Gasteiger partial charge in [0.1, 0.15) is 0 Å². The Morgan fingerprint density at radius 3 is 2.64 bits per heavy atom. The van der Waals surface area contributed by atoms with Crippen LogP contribution in [-0.4, -0.2) is 29.0 Å². The van der Waals surface area contributed by atoms with E-state index in [0.29, 0.717) is 16.9 Å². The quantitative estimate of drug-likeness (QED) is 0.789. The number of carbonyl (C=O) groups excluding carboxylic acids is 3. The highest BCUT2D eigenvalue weighted by molar-refractivity contribution is 6.06. The van der Waals surface area contributed by atoms with Crippen LogP contribution in [-0.2, 0) is 22.4 Å². The molecule has 28 heavy (non-hydrogen) atoms. The molecule has 3 rings (SSSR count). The fraction of sp³-hybridized carbons (Fsp3) is 0.429. The van der Waals surface area contributed by atoms with Crippen LogP contribution in [0.3, 0.4) is 0 Å². The lowest BCUT2D eigenvalue weighted by Gasteiger charge is -2.25. The number of aromatic nitrogens is 1. The molecule has 1 aromatic heterocycles. The second-order valence-electron chi connectivity index (χ2n) is 7.70. The maximum atomic E-state index is 13.2. The van der Waals surface area contributed by atoms with Gasteiger partial charge in [0.15, 0.2) is 6.10 Å². The fourth-order valence-corrected chi connectivity index (χ4v) is 3.65. The summed E-state index contributed by atoms with van der Waals surface area (Å²) in [6.07, 6.45) is 1.43. The van der Waals surface area contributed by atoms with Crippen molar-refractivity contribution in [2.24, 2.45) is 17.6 Å². The Bertz CT molecular complexity index is 939. The van der Waals surface area contributed by atoms with Crippen LogP contribution in [0.4, 0.5) is 4.79 Å². The Hall–Kier alpha value is -2.96. The van der Waals surface area contributed by atoms with E-state index in [4.69, 9.17) is 15.5 Å². The standard InChI is InChI=1S/C21H25N3O4/c1-11(2)18(19(25)24-21(22)27)28-20(26)17-13-6-4-5-7-15(13)23-16-9-8-12(3)10-14(16)17/h4-7,11-12,18H,8-10H2,1-3H3,(H3,22,24,25,27)/t12-,18-/m1/s1. The molecule has 3 N–H and O–H groups in total. The number of amides is 3. The Kier molecular flexibility index (Phi) is 5.63. The van der Waals surface area contributed by atoms with Gasteiger partial charge in [0.2, 0.25) is 0 Å². The average Bonchev–Trinajstić information content (AvgIpc) is 2.63. The van der Waals surface area contributed by atoms with E-state index in [1.807, 2.05) is 29.6 Å². The van der Waals surface area contributed by atoms with E-state index in [2.05, 4.69) is 6.92 Å². The number of pyridine rings is 1. The average molecular weight is 383 g/mol. The van der Waals surface area contributed by atoms with E-state index in [9.17, 15) is 14.4 Å². The van der Waals surface area contributed by atoms with Crippen molar-refractivity contribution in [3.8, 4) is 0 Å². The molecule has 0 saturated heterocycles. The van der Waals surface area contributed by atoms with Crippen LogP contribution in [0.2, 0.25) is 0 Å². The monoisotopic (exact) mass is 383 g/mol. The molecule has 7 nitrogen and oxygen atoms in total. The lowest BCUT2D eigenvalue weighted by atomic mass is 9.84. The molecular formula is C21H25N3O4. The molecule has 148 valence electrons. The minimum atomic E-state index is -1.12. The summed E-state index contributed by atoms with van der Waals surface area (Å²) in [6.45, 7) is 5.62. The van der Waals surface area contributed by atoms with Crippen LogP contribution in [0.15, 0.2) is 24.3 Å². The molecule has 0 bridgehead atoms. The number of rotatable bonds is 4. The number of nitrogens with zero attached hydrogens (tertiary/aromatic N) is 1. The fourth-order valence-electron chi connectivity index (χ4n) is 3.65. The largest absolute Gasteiger partial charge is 0.448 e. The highest BCUT2D eigenvalue weighted by atomic mass is 16.5. The summed E-state index contributed by atoms with van der Waals surface area (Å²) < 4.78 is 5.58. The predicted molar refractivity (Wildman–Crippen MR) is 105 cm³/mol. The molecule has 0 radical (unpaired) electrons. The number of primary amides is 1. The molecule has 1 aromatic carbocycles. The van der Waals surface area contributed by atoms with Gasteiger partial charge in [-0.25, -0.2) is 9.59 Å². The number of hydrogen-bond donors (Lipinski definition) is 2. The Labute approximate surface area is 163 Å². The van der Waals surface area contributed by atoms with Gasteiger partial charge in [-0.3, -0.25) is 15.1 Å². The van der Waals surface area contributed by atoms with Crippen molar-refractivity contribution in [3.63, 3.8) is 0 Å². The molecule has 0 fully saturated rings. The number of imide groups is 1. The molecule has 1 aliphatic carbocycles. The van der Waals surface area contributed by atoms with Crippen LogP contribution in [0.5, 0.6) is 0 Å². The Morgan fingerprint density at radius 1 is 1.25 bits per heavy atom. The second kappa shape index (κ2) is 7.96. The van der Waals surface area contributed by atoms with E-state index >= 15 is 0 Å². The summed E-state index contributed by atoms with van der Waals surface area (Å²) in [6, 6.07) is 6.45. The lowest BCUT2D eigenvalue weighted by molar-refractivity contribution is -0.130. The van der Waals surface area contributed by atoms with Gasteiger partial charge < -0.3 is 10.5 Å². The molecule has 2 atom stereocenters. The first-order valence-corrected chi connectivity index (χ1v) is 9.49. The van der Waals surface area contributed by atoms with Crippen molar-refractivity contribution in [1.82, 2.24) is 10.3 Å². The van der Waals surface area contributed by atoms with Gasteiger partial charge >= 0.3 is 12.0 Å². The highest BCUT2D eigenvalue weighted by Gasteiger charge is 2.31. The normalized spacial score (nSPS) is 17.1. The number of aryl methyl sites for hydroxylation is 1. The lowest BCUT2D eigenvalue weighted by Crippen LogP contribution is -2.45. The molecule has 2 aromatic rings. The van der Waals surface area contributed by atoms with Crippen molar-refractivity contribution in [2.45, 2.75) is 46.1 Å². The molecule has 3 amide bonds. The van der Waals surface area contributed by atoms with Gasteiger partial charge in [-0.15, -0.1) is 0 Å². The van der Waals surface area contributed by atoms with E-state index in [0.717, 1.165) is 36.0 Å². The minimum absolute atomic E-state index is 0.328. The van der Waals surface area contributed by atoms with E-state index in [1.54, 1.807) is 13.8 Å². The van der Waals surface area contributed by atoms with Gasteiger partial charge in [0.25, 0.3) is 5.91 Å². The number of fused-ring (bicyclic) bond motifs is 2. The van der Waals surface area contributed by atoms with Crippen molar-refractivity contribution < 1.29 is 19.1 Å². The molecule has 0 unspecified atom stereocenters. The number of para-hydroxylation sites is 1. The Balaban J connectivity index is 2.04. The zero-order valence-electron chi connectivity index (χ0n) is 16.3. The smallest absolute Gasteiger partial charge is 0.339 e. The molecule has 7 heteroatoms. The first kappa shape index (κ1) is 19.8. The third kappa shape index (κ3) is 3.98. The predicted octanol–water partition coefficient (Wildman–Crippen LogP) is 2.74. The summed E-state index contributed by atoms with van der Waals surface area (Å²) >= 11 is 0. The SMILES string of the molecule is CC(C)[C@@H](OC(=O)c1c2c(nc3ccccc13)CC[C@@H](C)C2)C(=O)NC(N)=O. The van der Waals surface area contributed by atoms with E-state index in [1.165, 1.54) is 0 Å². The van der Waals surface area contributed by atoms with Crippen molar-refractivity contribution in [2.75, 3.05) is 0 Å².